The van der Waals surface area contributed by atoms with Crippen LogP contribution in [0.5, 0.6) is 11.5 Å². The average Bonchev–Trinajstić information content (AvgIpc) is 3.26. The minimum Gasteiger partial charge on any atom is -0.456 e. The molecule has 0 bridgehead atoms. The molecule has 0 radical (unpaired) electrons. The summed E-state index contributed by atoms with van der Waals surface area (Å²) in [5.41, 5.74) is 1.77. The molecule has 1 saturated carbocycles. The van der Waals surface area contributed by atoms with E-state index in [1.807, 2.05) is 30.3 Å². The highest BCUT2D eigenvalue weighted by Gasteiger charge is 2.43. The fourth-order valence-corrected chi connectivity index (χ4v) is 4.54. The number of anilines is 1. The van der Waals surface area contributed by atoms with E-state index in [0.717, 1.165) is 43.2 Å². The molecule has 2 amide bonds. The molecule has 0 atom stereocenters. The van der Waals surface area contributed by atoms with E-state index < -0.39 is 5.54 Å². The maximum atomic E-state index is 12.4. The molecule has 3 aromatic rings. The highest BCUT2D eigenvalue weighted by molar-refractivity contribution is 6.34. The van der Waals surface area contributed by atoms with Gasteiger partial charge in [0.25, 0.3) is 0 Å². The Hall–Kier alpha value is -3.13. The molecule has 1 fully saturated rings. The third-order valence-corrected chi connectivity index (χ3v) is 5.92. The lowest BCUT2D eigenvalue weighted by Crippen LogP contribution is -2.52. The standard InChI is InChI=1S/C20H19ClN6O2/c21-13-8-9-15(29-14-7-3-2-6-12(14)18-24-26-27-25-18)16-17(13)22-19(28)23-20(16)10-4-1-5-11-20/h2-3,6-9H,1,4-5,10-11H2,(H2,22,23,28)(H,24,25,26,27). The summed E-state index contributed by atoms with van der Waals surface area (Å²) in [4.78, 5) is 12.4. The van der Waals surface area contributed by atoms with Crippen molar-refractivity contribution < 1.29 is 9.53 Å². The number of urea groups is 1. The second-order valence-electron chi connectivity index (χ2n) is 7.37. The van der Waals surface area contributed by atoms with E-state index in [0.29, 0.717) is 28.0 Å². The number of para-hydroxylation sites is 1. The summed E-state index contributed by atoms with van der Waals surface area (Å²) >= 11 is 6.47. The molecular formula is C20H19ClN6O2. The summed E-state index contributed by atoms with van der Waals surface area (Å²) in [6.07, 6.45) is 4.91. The number of carbonyl (C=O) groups is 1. The van der Waals surface area contributed by atoms with Crippen LogP contribution in [0.25, 0.3) is 11.4 Å². The average molecular weight is 411 g/mol. The molecule has 8 nitrogen and oxygen atoms in total. The van der Waals surface area contributed by atoms with Gasteiger partial charge in [0.1, 0.15) is 11.5 Å². The number of hydrogen-bond donors (Lipinski definition) is 3. The predicted molar refractivity (Wildman–Crippen MR) is 108 cm³/mol. The first-order valence-corrected chi connectivity index (χ1v) is 9.97. The van der Waals surface area contributed by atoms with E-state index >= 15 is 0 Å². The SMILES string of the molecule is O=C1Nc2c(Cl)ccc(Oc3ccccc3-c3nnn[nH]3)c2C2(CCCCC2)N1. The predicted octanol–water partition coefficient (Wildman–Crippen LogP) is 4.61. The number of hydrogen-bond acceptors (Lipinski definition) is 5. The summed E-state index contributed by atoms with van der Waals surface area (Å²) in [6, 6.07) is 10.9. The van der Waals surface area contributed by atoms with Crippen molar-refractivity contribution in [3.05, 3.63) is 47.0 Å². The van der Waals surface area contributed by atoms with Gasteiger partial charge in [0.2, 0.25) is 0 Å². The van der Waals surface area contributed by atoms with Gasteiger partial charge in [-0.25, -0.2) is 9.89 Å². The van der Waals surface area contributed by atoms with Gasteiger partial charge >= 0.3 is 6.03 Å². The molecule has 1 aliphatic carbocycles. The lowest BCUT2D eigenvalue weighted by Gasteiger charge is -2.43. The number of amides is 2. The van der Waals surface area contributed by atoms with Gasteiger partial charge in [-0.2, -0.15) is 0 Å². The number of tetrazole rings is 1. The van der Waals surface area contributed by atoms with Crippen LogP contribution in [0.2, 0.25) is 5.02 Å². The third kappa shape index (κ3) is 3.09. The van der Waals surface area contributed by atoms with Crippen molar-refractivity contribution in [2.75, 3.05) is 5.32 Å². The monoisotopic (exact) mass is 410 g/mol. The highest BCUT2D eigenvalue weighted by atomic mass is 35.5. The number of aromatic amines is 1. The number of halogens is 1. The normalized spacial score (nSPS) is 17.3. The Balaban J connectivity index is 1.64. The third-order valence-electron chi connectivity index (χ3n) is 5.60. The van der Waals surface area contributed by atoms with Crippen LogP contribution in [-0.2, 0) is 5.54 Å². The van der Waals surface area contributed by atoms with Crippen LogP contribution in [0.15, 0.2) is 36.4 Å². The number of carbonyl (C=O) groups excluding carboxylic acids is 1. The fraction of sp³-hybridized carbons (Fsp3) is 0.300. The molecule has 0 unspecified atom stereocenters. The molecule has 1 aliphatic heterocycles. The van der Waals surface area contributed by atoms with Gasteiger partial charge in [0, 0.05) is 5.56 Å². The van der Waals surface area contributed by atoms with Gasteiger partial charge in [-0.1, -0.05) is 43.0 Å². The molecule has 148 valence electrons. The van der Waals surface area contributed by atoms with Crippen LogP contribution < -0.4 is 15.4 Å². The van der Waals surface area contributed by atoms with Crippen molar-refractivity contribution in [1.82, 2.24) is 25.9 Å². The van der Waals surface area contributed by atoms with Crippen LogP contribution in [0.3, 0.4) is 0 Å². The number of nitrogens with one attached hydrogen (secondary N) is 3. The molecular weight excluding hydrogens is 392 g/mol. The smallest absolute Gasteiger partial charge is 0.319 e. The molecule has 0 saturated heterocycles. The molecule has 29 heavy (non-hydrogen) atoms. The maximum absolute atomic E-state index is 12.4. The van der Waals surface area contributed by atoms with E-state index in [-0.39, 0.29) is 6.03 Å². The van der Waals surface area contributed by atoms with Crippen molar-refractivity contribution in [3.8, 4) is 22.9 Å². The topological polar surface area (TPSA) is 105 Å². The summed E-state index contributed by atoms with van der Waals surface area (Å²) in [5, 5.41) is 20.6. The highest BCUT2D eigenvalue weighted by Crippen LogP contribution is 2.50. The van der Waals surface area contributed by atoms with Gasteiger partial charge in [0.15, 0.2) is 5.82 Å². The second kappa shape index (κ2) is 7.04. The van der Waals surface area contributed by atoms with Crippen molar-refractivity contribution in [2.45, 2.75) is 37.6 Å². The van der Waals surface area contributed by atoms with E-state index in [4.69, 9.17) is 16.3 Å². The van der Waals surface area contributed by atoms with Crippen LogP contribution in [-0.4, -0.2) is 26.7 Å². The summed E-state index contributed by atoms with van der Waals surface area (Å²) in [7, 11) is 0. The van der Waals surface area contributed by atoms with Gasteiger partial charge in [-0.15, -0.1) is 5.10 Å². The number of ether oxygens (including phenoxy) is 1. The first-order valence-electron chi connectivity index (χ1n) is 9.59. The summed E-state index contributed by atoms with van der Waals surface area (Å²) < 4.78 is 6.38. The zero-order valence-corrected chi connectivity index (χ0v) is 16.3. The largest absolute Gasteiger partial charge is 0.456 e. The van der Waals surface area contributed by atoms with Gasteiger partial charge < -0.3 is 15.4 Å². The molecule has 2 aromatic carbocycles. The minimum absolute atomic E-state index is 0.230. The first kappa shape index (κ1) is 17.9. The molecule has 2 heterocycles. The Labute approximate surface area is 172 Å². The van der Waals surface area contributed by atoms with Crippen molar-refractivity contribution >= 4 is 23.3 Å². The Morgan fingerprint density at radius 1 is 1.03 bits per heavy atom. The molecule has 9 heteroatoms. The van der Waals surface area contributed by atoms with Crippen LogP contribution in [0.4, 0.5) is 10.5 Å². The number of fused-ring (bicyclic) bond motifs is 2. The zero-order valence-electron chi connectivity index (χ0n) is 15.5. The number of H-pyrrole nitrogens is 1. The maximum Gasteiger partial charge on any atom is 0.319 e. The lowest BCUT2D eigenvalue weighted by atomic mass is 9.74. The van der Waals surface area contributed by atoms with Crippen molar-refractivity contribution in [1.29, 1.82) is 0 Å². The fourth-order valence-electron chi connectivity index (χ4n) is 4.34. The quantitative estimate of drug-likeness (QED) is 0.584. The molecule has 2 aliphatic rings. The Morgan fingerprint density at radius 2 is 1.86 bits per heavy atom. The Bertz CT molecular complexity index is 1060. The van der Waals surface area contributed by atoms with Crippen molar-refractivity contribution in [3.63, 3.8) is 0 Å². The number of rotatable bonds is 3. The van der Waals surface area contributed by atoms with Gasteiger partial charge in [-0.05, 0) is 47.5 Å². The Kier molecular flexibility index (Phi) is 4.35. The van der Waals surface area contributed by atoms with Crippen molar-refractivity contribution in [2.24, 2.45) is 0 Å². The number of nitrogens with zero attached hydrogens (tertiary/aromatic N) is 3. The second-order valence-corrected chi connectivity index (χ2v) is 7.77. The number of benzene rings is 2. The van der Waals surface area contributed by atoms with Crippen LogP contribution >= 0.6 is 11.6 Å². The van der Waals surface area contributed by atoms with Gasteiger partial charge in [-0.3, -0.25) is 0 Å². The Morgan fingerprint density at radius 3 is 2.66 bits per heavy atom. The van der Waals surface area contributed by atoms with Crippen LogP contribution in [0, 0.1) is 0 Å². The first-order chi connectivity index (χ1) is 14.2. The van der Waals surface area contributed by atoms with E-state index in [1.165, 1.54) is 0 Å². The van der Waals surface area contributed by atoms with E-state index in [9.17, 15) is 4.79 Å². The van der Waals surface area contributed by atoms with Gasteiger partial charge in [0.05, 0.1) is 21.8 Å². The van der Waals surface area contributed by atoms with E-state index in [1.54, 1.807) is 6.07 Å². The summed E-state index contributed by atoms with van der Waals surface area (Å²) in [6.45, 7) is 0. The zero-order chi connectivity index (χ0) is 19.8. The molecule has 1 spiro atoms. The van der Waals surface area contributed by atoms with E-state index in [2.05, 4.69) is 31.3 Å². The minimum atomic E-state index is -0.487. The molecule has 1 aromatic heterocycles. The molecule has 5 rings (SSSR count). The van der Waals surface area contributed by atoms with Crippen LogP contribution in [0.1, 0.15) is 37.7 Å². The molecule has 3 N–H and O–H groups in total. The lowest BCUT2D eigenvalue weighted by molar-refractivity contribution is 0.206. The summed E-state index contributed by atoms with van der Waals surface area (Å²) in [5.74, 6) is 1.78. The number of aromatic nitrogens is 4.